The second-order valence-corrected chi connectivity index (χ2v) is 8.07. The Kier molecular flexibility index (Phi) is 4.94. The Hall–Kier alpha value is -2.67. The molecule has 27 heavy (non-hydrogen) atoms. The standard InChI is InChI=1S/C20H21N3O3S/c24-18(22-16-8-6-14(7-9-16)20(25)26)17-10-15-11-21-23(19(15)27-17)12-13-4-2-1-3-5-13/h6-11,13H,1-5,12H2,(H,22,24)(H,25,26). The molecule has 0 radical (unpaired) electrons. The number of amides is 1. The fourth-order valence-electron chi connectivity index (χ4n) is 3.62. The first kappa shape index (κ1) is 17.7. The van der Waals surface area contributed by atoms with Gasteiger partial charge in [0.15, 0.2) is 0 Å². The summed E-state index contributed by atoms with van der Waals surface area (Å²) in [6.07, 6.45) is 8.27. The second-order valence-electron chi connectivity index (χ2n) is 7.04. The molecule has 0 aliphatic heterocycles. The van der Waals surface area contributed by atoms with Gasteiger partial charge in [0.1, 0.15) is 4.83 Å². The van der Waals surface area contributed by atoms with Crippen molar-refractivity contribution in [3.63, 3.8) is 0 Å². The van der Waals surface area contributed by atoms with Gasteiger partial charge in [-0.2, -0.15) is 5.10 Å². The van der Waals surface area contributed by atoms with Gasteiger partial charge < -0.3 is 10.4 Å². The number of hydrogen-bond acceptors (Lipinski definition) is 4. The van der Waals surface area contributed by atoms with E-state index in [4.69, 9.17) is 5.11 Å². The van der Waals surface area contributed by atoms with Crippen LogP contribution in [0.4, 0.5) is 5.69 Å². The molecular formula is C20H21N3O3S. The first-order valence-corrected chi connectivity index (χ1v) is 10.0. The van der Waals surface area contributed by atoms with Crippen molar-refractivity contribution in [1.29, 1.82) is 0 Å². The quantitative estimate of drug-likeness (QED) is 0.673. The van der Waals surface area contributed by atoms with E-state index in [-0.39, 0.29) is 11.5 Å². The highest BCUT2D eigenvalue weighted by Gasteiger charge is 2.18. The third kappa shape index (κ3) is 3.88. The number of hydrogen-bond donors (Lipinski definition) is 2. The number of carboxylic acid groups (broad SMARTS) is 1. The molecule has 1 aliphatic rings. The molecule has 1 amide bonds. The van der Waals surface area contributed by atoms with E-state index in [0.29, 0.717) is 16.5 Å². The predicted octanol–water partition coefficient (Wildman–Crippen LogP) is 4.63. The zero-order valence-electron chi connectivity index (χ0n) is 14.9. The molecular weight excluding hydrogens is 362 g/mol. The summed E-state index contributed by atoms with van der Waals surface area (Å²) in [5.41, 5.74) is 0.768. The van der Waals surface area contributed by atoms with Crippen LogP contribution in [0.25, 0.3) is 10.2 Å². The van der Waals surface area contributed by atoms with Crippen LogP contribution in [0.1, 0.15) is 52.1 Å². The molecule has 140 valence electrons. The number of fused-ring (bicyclic) bond motifs is 1. The summed E-state index contributed by atoms with van der Waals surface area (Å²) in [6, 6.07) is 8.01. The van der Waals surface area contributed by atoms with E-state index in [0.717, 1.165) is 16.8 Å². The molecule has 3 aromatic rings. The van der Waals surface area contributed by atoms with E-state index in [2.05, 4.69) is 10.4 Å². The van der Waals surface area contributed by atoms with Crippen LogP contribution >= 0.6 is 11.3 Å². The van der Waals surface area contributed by atoms with Gasteiger partial charge in [0.25, 0.3) is 5.91 Å². The summed E-state index contributed by atoms with van der Waals surface area (Å²) < 4.78 is 2.04. The topological polar surface area (TPSA) is 84.2 Å². The van der Waals surface area contributed by atoms with Crippen LogP contribution in [0.15, 0.2) is 36.5 Å². The Balaban J connectivity index is 1.48. The van der Waals surface area contributed by atoms with Crippen molar-refractivity contribution in [3.05, 3.63) is 47.0 Å². The lowest BCUT2D eigenvalue weighted by Gasteiger charge is -2.21. The maximum absolute atomic E-state index is 12.6. The maximum Gasteiger partial charge on any atom is 0.335 e. The van der Waals surface area contributed by atoms with Crippen molar-refractivity contribution in [1.82, 2.24) is 9.78 Å². The molecule has 2 heterocycles. The Morgan fingerprint density at radius 3 is 2.63 bits per heavy atom. The molecule has 6 nitrogen and oxygen atoms in total. The van der Waals surface area contributed by atoms with Gasteiger partial charge in [0.2, 0.25) is 0 Å². The van der Waals surface area contributed by atoms with Gasteiger partial charge >= 0.3 is 5.97 Å². The number of rotatable bonds is 5. The van der Waals surface area contributed by atoms with E-state index in [1.54, 1.807) is 12.1 Å². The lowest BCUT2D eigenvalue weighted by Crippen LogP contribution is -2.14. The molecule has 0 bridgehead atoms. The number of carbonyl (C=O) groups excluding carboxylic acids is 1. The summed E-state index contributed by atoms with van der Waals surface area (Å²) in [5, 5.41) is 17.3. The van der Waals surface area contributed by atoms with Crippen molar-refractivity contribution in [2.45, 2.75) is 38.6 Å². The van der Waals surface area contributed by atoms with E-state index in [9.17, 15) is 9.59 Å². The number of thiophene rings is 1. The Labute approximate surface area is 160 Å². The molecule has 7 heteroatoms. The SMILES string of the molecule is O=C(O)c1ccc(NC(=O)c2cc3cnn(CC4CCCCC4)c3s2)cc1. The van der Waals surface area contributed by atoms with Gasteiger partial charge in [-0.05, 0) is 49.1 Å². The molecule has 0 atom stereocenters. The third-order valence-corrected chi connectivity index (χ3v) is 6.24. The zero-order chi connectivity index (χ0) is 18.8. The molecule has 0 saturated heterocycles. The summed E-state index contributed by atoms with van der Waals surface area (Å²) >= 11 is 1.45. The Morgan fingerprint density at radius 2 is 1.93 bits per heavy atom. The van der Waals surface area contributed by atoms with Gasteiger partial charge in [0.05, 0.1) is 16.6 Å². The highest BCUT2D eigenvalue weighted by atomic mass is 32.1. The minimum Gasteiger partial charge on any atom is -0.478 e. The van der Waals surface area contributed by atoms with Crippen LogP contribution in [0, 0.1) is 5.92 Å². The van der Waals surface area contributed by atoms with Crippen molar-refractivity contribution < 1.29 is 14.7 Å². The number of carboxylic acids is 1. The van der Waals surface area contributed by atoms with Gasteiger partial charge in [-0.1, -0.05) is 19.3 Å². The number of nitrogens with one attached hydrogen (secondary N) is 1. The van der Waals surface area contributed by atoms with E-state index >= 15 is 0 Å². The van der Waals surface area contributed by atoms with Crippen LogP contribution in [-0.2, 0) is 6.54 Å². The molecule has 2 N–H and O–H groups in total. The van der Waals surface area contributed by atoms with Crippen LogP contribution in [-0.4, -0.2) is 26.8 Å². The lowest BCUT2D eigenvalue weighted by molar-refractivity contribution is 0.0696. The van der Waals surface area contributed by atoms with E-state index in [1.165, 1.54) is 55.6 Å². The number of aromatic nitrogens is 2. The van der Waals surface area contributed by atoms with E-state index < -0.39 is 5.97 Å². The molecule has 1 fully saturated rings. The van der Waals surface area contributed by atoms with Crippen molar-refractivity contribution in [2.75, 3.05) is 5.32 Å². The van der Waals surface area contributed by atoms with Gasteiger partial charge in [-0.3, -0.25) is 9.48 Å². The Morgan fingerprint density at radius 1 is 1.19 bits per heavy atom. The fraction of sp³-hybridized carbons (Fsp3) is 0.350. The van der Waals surface area contributed by atoms with Crippen LogP contribution < -0.4 is 5.32 Å². The number of benzene rings is 1. The summed E-state index contributed by atoms with van der Waals surface area (Å²) in [5.74, 6) is -0.502. The number of carbonyl (C=O) groups is 2. The molecule has 1 saturated carbocycles. The summed E-state index contributed by atoms with van der Waals surface area (Å²) in [6.45, 7) is 0.918. The molecule has 1 aromatic carbocycles. The van der Waals surface area contributed by atoms with Gasteiger partial charge in [0, 0.05) is 17.6 Å². The number of aromatic carboxylic acids is 1. The first-order chi connectivity index (χ1) is 13.1. The first-order valence-electron chi connectivity index (χ1n) is 9.20. The van der Waals surface area contributed by atoms with Gasteiger partial charge in [-0.25, -0.2) is 4.79 Å². The average molecular weight is 383 g/mol. The second kappa shape index (κ2) is 7.52. The minimum absolute atomic E-state index is 0.191. The van der Waals surface area contributed by atoms with Crippen molar-refractivity contribution in [3.8, 4) is 0 Å². The maximum atomic E-state index is 12.6. The lowest BCUT2D eigenvalue weighted by atomic mass is 9.89. The highest BCUT2D eigenvalue weighted by Crippen LogP contribution is 2.30. The predicted molar refractivity (Wildman–Crippen MR) is 106 cm³/mol. The molecule has 0 spiro atoms. The minimum atomic E-state index is -0.986. The van der Waals surface area contributed by atoms with Crippen LogP contribution in [0.2, 0.25) is 0 Å². The zero-order valence-corrected chi connectivity index (χ0v) is 15.7. The van der Waals surface area contributed by atoms with Crippen LogP contribution in [0.5, 0.6) is 0 Å². The largest absolute Gasteiger partial charge is 0.478 e. The van der Waals surface area contributed by atoms with Crippen molar-refractivity contribution in [2.24, 2.45) is 5.92 Å². The number of anilines is 1. The fourth-order valence-corrected chi connectivity index (χ4v) is 4.61. The smallest absolute Gasteiger partial charge is 0.335 e. The average Bonchev–Trinajstić information content (AvgIpc) is 3.25. The molecule has 0 unspecified atom stereocenters. The normalized spacial score (nSPS) is 15.1. The number of nitrogens with zero attached hydrogens (tertiary/aromatic N) is 2. The van der Waals surface area contributed by atoms with Gasteiger partial charge in [-0.15, -0.1) is 11.3 Å². The summed E-state index contributed by atoms with van der Waals surface area (Å²) in [7, 11) is 0. The molecule has 2 aromatic heterocycles. The third-order valence-electron chi connectivity index (χ3n) is 5.08. The van der Waals surface area contributed by atoms with Crippen molar-refractivity contribution >= 4 is 39.1 Å². The monoisotopic (exact) mass is 383 g/mol. The molecule has 1 aliphatic carbocycles. The molecule has 4 rings (SSSR count). The summed E-state index contributed by atoms with van der Waals surface area (Å²) in [4.78, 5) is 25.1. The highest BCUT2D eigenvalue weighted by molar-refractivity contribution is 7.20. The Bertz CT molecular complexity index is 968. The van der Waals surface area contributed by atoms with E-state index in [1.807, 2.05) is 16.9 Å². The van der Waals surface area contributed by atoms with Crippen LogP contribution in [0.3, 0.4) is 0 Å².